The summed E-state index contributed by atoms with van der Waals surface area (Å²) in [7, 11) is 0. The van der Waals surface area contributed by atoms with Crippen LogP contribution in [0.2, 0.25) is 0 Å². The first-order chi connectivity index (χ1) is 3.93. The van der Waals surface area contributed by atoms with E-state index in [-0.39, 0.29) is 0 Å². The first-order valence-corrected chi connectivity index (χ1v) is 2.98. The van der Waals surface area contributed by atoms with E-state index in [1.807, 2.05) is 0 Å². The van der Waals surface area contributed by atoms with E-state index in [4.69, 9.17) is 11.2 Å². The van der Waals surface area contributed by atoms with Crippen molar-refractivity contribution >= 4 is 0 Å². The van der Waals surface area contributed by atoms with Crippen molar-refractivity contribution in [1.82, 2.24) is 0 Å². The van der Waals surface area contributed by atoms with Crippen LogP contribution in [0.15, 0.2) is 0 Å². The van der Waals surface area contributed by atoms with Crippen molar-refractivity contribution in [2.45, 2.75) is 25.4 Å². The Balaban J connectivity index is 1.83. The Bertz CT molecular complexity index is 97.4. The smallest absolute Gasteiger partial charge is 0.0810 e. The molecule has 0 aromatic carbocycles. The van der Waals surface area contributed by atoms with Gasteiger partial charge < -0.3 is 4.74 Å². The van der Waals surface area contributed by atoms with E-state index >= 15 is 0 Å². The minimum absolute atomic E-state index is 0.559. The number of rotatable bonds is 3. The molecule has 0 aromatic rings. The molecule has 1 atom stereocenters. The Kier molecular flexibility index (Phi) is 1.93. The summed E-state index contributed by atoms with van der Waals surface area (Å²) in [6, 6.07) is 0. The fourth-order valence-electron chi connectivity index (χ4n) is 0.667. The standard InChI is InChI=1S/C7H10O/c1-2-3-4-5-7-6-8-7/h1,7H,3-6H2. The van der Waals surface area contributed by atoms with Crippen molar-refractivity contribution in [1.29, 1.82) is 0 Å². The second kappa shape index (κ2) is 2.74. The minimum Gasteiger partial charge on any atom is -0.373 e. The van der Waals surface area contributed by atoms with Crippen molar-refractivity contribution in [2.75, 3.05) is 6.61 Å². The lowest BCUT2D eigenvalue weighted by atomic mass is 10.2. The van der Waals surface area contributed by atoms with Gasteiger partial charge in [0.05, 0.1) is 12.7 Å². The molecule has 1 heteroatoms. The van der Waals surface area contributed by atoms with Gasteiger partial charge in [0.15, 0.2) is 0 Å². The Hall–Kier alpha value is -0.480. The van der Waals surface area contributed by atoms with Crippen molar-refractivity contribution in [3.05, 3.63) is 0 Å². The van der Waals surface area contributed by atoms with Gasteiger partial charge in [-0.15, -0.1) is 12.3 Å². The van der Waals surface area contributed by atoms with Crippen molar-refractivity contribution in [2.24, 2.45) is 0 Å². The fraction of sp³-hybridized carbons (Fsp3) is 0.714. The molecular weight excluding hydrogens is 100 g/mol. The van der Waals surface area contributed by atoms with E-state index in [0.717, 1.165) is 25.9 Å². The van der Waals surface area contributed by atoms with Crippen LogP contribution in [0.5, 0.6) is 0 Å². The Morgan fingerprint density at radius 2 is 2.50 bits per heavy atom. The highest BCUT2D eigenvalue weighted by atomic mass is 16.6. The summed E-state index contributed by atoms with van der Waals surface area (Å²) in [4.78, 5) is 0. The van der Waals surface area contributed by atoms with Gasteiger partial charge in [0, 0.05) is 6.42 Å². The number of ether oxygens (including phenoxy) is 1. The Labute approximate surface area is 50.0 Å². The molecule has 0 aliphatic carbocycles. The number of hydrogen-bond acceptors (Lipinski definition) is 1. The maximum absolute atomic E-state index is 5.04. The van der Waals surface area contributed by atoms with Gasteiger partial charge in [-0.05, 0) is 12.8 Å². The molecule has 0 radical (unpaired) electrons. The molecule has 0 amide bonds. The summed E-state index contributed by atoms with van der Waals surface area (Å²) < 4.78 is 4.99. The highest BCUT2D eigenvalue weighted by Gasteiger charge is 2.20. The van der Waals surface area contributed by atoms with Gasteiger partial charge in [-0.25, -0.2) is 0 Å². The highest BCUT2D eigenvalue weighted by Crippen LogP contribution is 2.15. The molecular formula is C7H10O. The van der Waals surface area contributed by atoms with Crippen LogP contribution in [-0.4, -0.2) is 12.7 Å². The van der Waals surface area contributed by atoms with Gasteiger partial charge >= 0.3 is 0 Å². The van der Waals surface area contributed by atoms with Crippen LogP contribution in [0.3, 0.4) is 0 Å². The number of unbranched alkanes of at least 4 members (excludes halogenated alkanes) is 1. The third-order valence-corrected chi connectivity index (χ3v) is 1.25. The topological polar surface area (TPSA) is 12.5 Å². The van der Waals surface area contributed by atoms with Gasteiger partial charge in [0.2, 0.25) is 0 Å². The number of hydrogen-bond donors (Lipinski definition) is 0. The first-order valence-electron chi connectivity index (χ1n) is 2.98. The van der Waals surface area contributed by atoms with Crippen LogP contribution in [-0.2, 0) is 4.74 Å². The number of terminal acetylenes is 1. The average molecular weight is 110 g/mol. The molecule has 1 rings (SSSR count). The fourth-order valence-corrected chi connectivity index (χ4v) is 0.667. The molecule has 0 aromatic heterocycles. The molecule has 0 N–H and O–H groups in total. The lowest BCUT2D eigenvalue weighted by molar-refractivity contribution is 0.393. The summed E-state index contributed by atoms with van der Waals surface area (Å²) in [5, 5.41) is 0. The molecule has 1 aliphatic heterocycles. The normalized spacial score (nSPS) is 24.6. The zero-order valence-electron chi connectivity index (χ0n) is 4.89. The van der Waals surface area contributed by atoms with E-state index in [0.29, 0.717) is 6.10 Å². The molecule has 1 aliphatic rings. The van der Waals surface area contributed by atoms with E-state index in [1.165, 1.54) is 0 Å². The molecule has 8 heavy (non-hydrogen) atoms. The van der Waals surface area contributed by atoms with Crippen LogP contribution in [0.4, 0.5) is 0 Å². The van der Waals surface area contributed by atoms with Crippen LogP contribution >= 0.6 is 0 Å². The van der Waals surface area contributed by atoms with Crippen LogP contribution in [0, 0.1) is 12.3 Å². The van der Waals surface area contributed by atoms with Crippen molar-refractivity contribution in [3.8, 4) is 12.3 Å². The SMILES string of the molecule is C#CCCCC1CO1. The van der Waals surface area contributed by atoms with Gasteiger partial charge in [-0.1, -0.05) is 0 Å². The van der Waals surface area contributed by atoms with Gasteiger partial charge in [-0.2, -0.15) is 0 Å². The summed E-state index contributed by atoms with van der Waals surface area (Å²) in [6.07, 6.45) is 8.79. The first kappa shape index (κ1) is 5.65. The lowest BCUT2D eigenvalue weighted by Crippen LogP contribution is -1.82. The van der Waals surface area contributed by atoms with Gasteiger partial charge in [0.25, 0.3) is 0 Å². The van der Waals surface area contributed by atoms with E-state index in [1.54, 1.807) is 0 Å². The lowest BCUT2D eigenvalue weighted by Gasteiger charge is -1.86. The molecule has 0 spiro atoms. The third kappa shape index (κ3) is 1.99. The summed E-state index contributed by atoms with van der Waals surface area (Å²) >= 11 is 0. The zero-order valence-corrected chi connectivity index (χ0v) is 4.89. The average Bonchev–Trinajstić information content (AvgIpc) is 2.51. The van der Waals surface area contributed by atoms with Crippen molar-refractivity contribution in [3.63, 3.8) is 0 Å². The predicted octanol–water partition coefficient (Wildman–Crippen LogP) is 1.19. The maximum Gasteiger partial charge on any atom is 0.0810 e. The maximum atomic E-state index is 5.04. The Morgan fingerprint density at radius 3 is 3.00 bits per heavy atom. The monoisotopic (exact) mass is 110 g/mol. The molecule has 44 valence electrons. The van der Waals surface area contributed by atoms with Crippen LogP contribution in [0.1, 0.15) is 19.3 Å². The van der Waals surface area contributed by atoms with E-state index < -0.39 is 0 Å². The summed E-state index contributed by atoms with van der Waals surface area (Å²) in [5.74, 6) is 2.60. The zero-order chi connectivity index (χ0) is 5.82. The van der Waals surface area contributed by atoms with Crippen LogP contribution < -0.4 is 0 Å². The van der Waals surface area contributed by atoms with Crippen LogP contribution in [0.25, 0.3) is 0 Å². The molecule has 1 fully saturated rings. The van der Waals surface area contributed by atoms with Gasteiger partial charge in [0.1, 0.15) is 0 Å². The quantitative estimate of drug-likeness (QED) is 0.302. The summed E-state index contributed by atoms with van der Waals surface area (Å²) in [6.45, 7) is 0.963. The molecule has 1 heterocycles. The summed E-state index contributed by atoms with van der Waals surface area (Å²) in [5.41, 5.74) is 0. The molecule has 0 bridgehead atoms. The van der Waals surface area contributed by atoms with E-state index in [2.05, 4.69) is 5.92 Å². The van der Waals surface area contributed by atoms with E-state index in [9.17, 15) is 0 Å². The highest BCUT2D eigenvalue weighted by molar-refractivity contribution is 4.84. The Morgan fingerprint density at radius 1 is 1.75 bits per heavy atom. The molecule has 1 nitrogen and oxygen atoms in total. The number of epoxide rings is 1. The van der Waals surface area contributed by atoms with Gasteiger partial charge in [-0.3, -0.25) is 0 Å². The van der Waals surface area contributed by atoms with Crippen molar-refractivity contribution < 1.29 is 4.74 Å². The third-order valence-electron chi connectivity index (χ3n) is 1.25. The minimum atomic E-state index is 0.559. The molecule has 1 saturated heterocycles. The molecule has 0 saturated carbocycles. The molecule has 1 unspecified atom stereocenters. The second-order valence-electron chi connectivity index (χ2n) is 2.05. The largest absolute Gasteiger partial charge is 0.373 e. The second-order valence-corrected chi connectivity index (χ2v) is 2.05. The predicted molar refractivity (Wildman–Crippen MR) is 32.4 cm³/mol.